The summed E-state index contributed by atoms with van der Waals surface area (Å²) in [5, 5.41) is 11.3. The molecule has 0 aliphatic rings. The fourth-order valence-electron chi connectivity index (χ4n) is 2.90. The van der Waals surface area contributed by atoms with E-state index in [1.165, 1.54) is 19.1 Å². The highest BCUT2D eigenvalue weighted by atomic mass is 16.6. The maximum absolute atomic E-state index is 12.9. The Kier molecular flexibility index (Phi) is 5.13. The molecule has 2 N–H and O–H groups in total. The summed E-state index contributed by atoms with van der Waals surface area (Å²) >= 11 is 0. The first-order chi connectivity index (χ1) is 13.7. The number of nitro benzene ring substituents is 1. The smallest absolute Gasteiger partial charge is 0.342 e. The van der Waals surface area contributed by atoms with Crippen molar-refractivity contribution in [3.63, 3.8) is 0 Å². The standard InChI is InChI=1S/C18H16N4O7/c1-3-28-18(25)13-9(2)29-16-14(13)17(24)21(8-20-16)7-11-5-4-10(15(19)23)6-12(11)22(26)27/h4-6,8H,3,7H2,1-2H3,(H2,19,23). The van der Waals surface area contributed by atoms with Gasteiger partial charge in [-0.1, -0.05) is 0 Å². The first kappa shape index (κ1) is 19.7. The Labute approximate surface area is 162 Å². The van der Waals surface area contributed by atoms with Crippen LogP contribution in [0.5, 0.6) is 0 Å². The van der Waals surface area contributed by atoms with Crippen molar-refractivity contribution in [2.75, 3.05) is 6.61 Å². The van der Waals surface area contributed by atoms with E-state index in [1.807, 2.05) is 0 Å². The number of rotatable bonds is 6. The number of ether oxygens (including phenoxy) is 1. The number of nitrogens with two attached hydrogens (primary N) is 1. The van der Waals surface area contributed by atoms with Gasteiger partial charge in [0.25, 0.3) is 11.2 Å². The summed E-state index contributed by atoms with van der Waals surface area (Å²) in [6.45, 7) is 3.02. The maximum atomic E-state index is 12.9. The molecule has 2 aromatic heterocycles. The van der Waals surface area contributed by atoms with Gasteiger partial charge in [-0.25, -0.2) is 9.78 Å². The number of carbonyl (C=O) groups excluding carboxylic acids is 2. The second-order valence-corrected chi connectivity index (χ2v) is 6.08. The predicted octanol–water partition coefficient (Wildman–Crippen LogP) is 1.53. The van der Waals surface area contributed by atoms with Crippen LogP contribution in [0.15, 0.2) is 33.7 Å². The molecule has 0 spiro atoms. The Hall–Kier alpha value is -4.02. The molecular formula is C18H16N4O7. The molecule has 1 amide bonds. The summed E-state index contributed by atoms with van der Waals surface area (Å²) in [7, 11) is 0. The van der Waals surface area contributed by atoms with Gasteiger partial charge in [-0.05, 0) is 26.0 Å². The fraction of sp³-hybridized carbons (Fsp3) is 0.222. The molecule has 0 unspecified atom stereocenters. The number of nitro groups is 1. The van der Waals surface area contributed by atoms with Gasteiger partial charge in [0.1, 0.15) is 23.0 Å². The van der Waals surface area contributed by atoms with Crippen LogP contribution in [0.1, 0.15) is 39.0 Å². The fourth-order valence-corrected chi connectivity index (χ4v) is 2.90. The number of hydrogen-bond acceptors (Lipinski definition) is 8. The Morgan fingerprint density at radius 2 is 2.10 bits per heavy atom. The Morgan fingerprint density at radius 3 is 2.72 bits per heavy atom. The molecule has 11 nitrogen and oxygen atoms in total. The van der Waals surface area contributed by atoms with E-state index in [4.69, 9.17) is 14.9 Å². The molecule has 0 saturated heterocycles. The lowest BCUT2D eigenvalue weighted by Crippen LogP contribution is -2.23. The zero-order chi connectivity index (χ0) is 21.3. The van der Waals surface area contributed by atoms with E-state index in [2.05, 4.69) is 4.98 Å². The maximum Gasteiger partial charge on any atom is 0.342 e. The average molecular weight is 400 g/mol. The van der Waals surface area contributed by atoms with Gasteiger partial charge in [0, 0.05) is 17.2 Å². The zero-order valence-electron chi connectivity index (χ0n) is 15.5. The molecule has 3 aromatic rings. The van der Waals surface area contributed by atoms with E-state index in [0.717, 1.165) is 17.0 Å². The van der Waals surface area contributed by atoms with Crippen LogP contribution in [-0.4, -0.2) is 33.0 Å². The molecule has 0 radical (unpaired) electrons. The first-order valence-corrected chi connectivity index (χ1v) is 8.47. The highest BCUT2D eigenvalue weighted by Gasteiger charge is 2.25. The molecule has 1 aromatic carbocycles. The Balaban J connectivity index is 2.13. The molecular weight excluding hydrogens is 384 g/mol. The van der Waals surface area contributed by atoms with Crippen LogP contribution >= 0.6 is 0 Å². The van der Waals surface area contributed by atoms with Gasteiger partial charge in [-0.2, -0.15) is 0 Å². The van der Waals surface area contributed by atoms with Gasteiger partial charge in [0.05, 0.1) is 18.1 Å². The normalized spacial score (nSPS) is 10.8. The number of primary amides is 1. The van der Waals surface area contributed by atoms with Crippen LogP contribution < -0.4 is 11.3 Å². The molecule has 150 valence electrons. The van der Waals surface area contributed by atoms with Crippen molar-refractivity contribution in [2.24, 2.45) is 5.73 Å². The average Bonchev–Trinajstić information content (AvgIpc) is 3.01. The number of esters is 1. The van der Waals surface area contributed by atoms with E-state index in [-0.39, 0.29) is 52.4 Å². The molecule has 29 heavy (non-hydrogen) atoms. The minimum atomic E-state index is -0.812. The topological polar surface area (TPSA) is 161 Å². The Morgan fingerprint density at radius 1 is 1.38 bits per heavy atom. The van der Waals surface area contributed by atoms with E-state index >= 15 is 0 Å². The molecule has 11 heteroatoms. The largest absolute Gasteiger partial charge is 0.462 e. The summed E-state index contributed by atoms with van der Waals surface area (Å²) in [4.78, 5) is 51.2. The molecule has 0 saturated carbocycles. The van der Waals surface area contributed by atoms with Gasteiger partial charge in [0.15, 0.2) is 0 Å². The van der Waals surface area contributed by atoms with Crippen LogP contribution in [-0.2, 0) is 11.3 Å². The molecule has 0 fully saturated rings. The summed E-state index contributed by atoms with van der Waals surface area (Å²) in [5.74, 6) is -1.36. The highest BCUT2D eigenvalue weighted by Crippen LogP contribution is 2.24. The van der Waals surface area contributed by atoms with Crippen molar-refractivity contribution >= 4 is 28.7 Å². The summed E-state index contributed by atoms with van der Waals surface area (Å²) in [6.07, 6.45) is 1.16. The van der Waals surface area contributed by atoms with Gasteiger partial charge >= 0.3 is 5.97 Å². The lowest BCUT2D eigenvalue weighted by Gasteiger charge is -2.07. The second kappa shape index (κ2) is 7.54. The number of fused-ring (bicyclic) bond motifs is 1. The monoisotopic (exact) mass is 400 g/mol. The number of furan rings is 1. The van der Waals surface area contributed by atoms with Gasteiger partial charge < -0.3 is 14.9 Å². The van der Waals surface area contributed by atoms with E-state index in [0.29, 0.717) is 0 Å². The summed E-state index contributed by atoms with van der Waals surface area (Å²) in [5.41, 5.74) is 4.22. The predicted molar refractivity (Wildman–Crippen MR) is 99.7 cm³/mol. The van der Waals surface area contributed by atoms with Crippen molar-refractivity contribution in [3.05, 3.63) is 67.4 Å². The molecule has 0 aliphatic heterocycles. The van der Waals surface area contributed by atoms with Crippen molar-refractivity contribution in [2.45, 2.75) is 20.4 Å². The number of nitrogens with zero attached hydrogens (tertiary/aromatic N) is 3. The molecule has 0 atom stereocenters. The summed E-state index contributed by atoms with van der Waals surface area (Å²) in [6, 6.07) is 3.70. The van der Waals surface area contributed by atoms with E-state index < -0.39 is 22.4 Å². The lowest BCUT2D eigenvalue weighted by atomic mass is 10.1. The van der Waals surface area contributed by atoms with Crippen LogP contribution in [0, 0.1) is 17.0 Å². The van der Waals surface area contributed by atoms with E-state index in [9.17, 15) is 24.5 Å². The molecule has 0 aliphatic carbocycles. The zero-order valence-corrected chi connectivity index (χ0v) is 15.5. The van der Waals surface area contributed by atoms with Crippen molar-refractivity contribution in [1.29, 1.82) is 0 Å². The number of hydrogen-bond donors (Lipinski definition) is 1. The van der Waals surface area contributed by atoms with Crippen molar-refractivity contribution < 1.29 is 23.7 Å². The second-order valence-electron chi connectivity index (χ2n) is 6.08. The third-order valence-corrected chi connectivity index (χ3v) is 4.24. The quantitative estimate of drug-likeness (QED) is 0.370. The highest BCUT2D eigenvalue weighted by molar-refractivity contribution is 6.03. The SMILES string of the molecule is CCOC(=O)c1c(C)oc2ncn(Cc3ccc(C(N)=O)cc3[N+](=O)[O-])c(=O)c12. The molecule has 3 rings (SSSR count). The van der Waals surface area contributed by atoms with Crippen LogP contribution in [0.2, 0.25) is 0 Å². The number of benzene rings is 1. The van der Waals surface area contributed by atoms with Crippen LogP contribution in [0.25, 0.3) is 11.1 Å². The minimum absolute atomic E-state index is 0.0311. The minimum Gasteiger partial charge on any atom is -0.462 e. The summed E-state index contributed by atoms with van der Waals surface area (Å²) < 4.78 is 11.4. The lowest BCUT2D eigenvalue weighted by molar-refractivity contribution is -0.385. The van der Waals surface area contributed by atoms with Crippen LogP contribution in [0.4, 0.5) is 5.69 Å². The van der Waals surface area contributed by atoms with Gasteiger partial charge in [0.2, 0.25) is 11.6 Å². The van der Waals surface area contributed by atoms with Crippen molar-refractivity contribution in [3.8, 4) is 0 Å². The third kappa shape index (κ3) is 3.57. The number of aryl methyl sites for hydroxylation is 1. The molecule has 0 bridgehead atoms. The number of amides is 1. The number of carbonyl (C=O) groups is 2. The first-order valence-electron chi connectivity index (χ1n) is 8.47. The number of aromatic nitrogens is 2. The van der Waals surface area contributed by atoms with Gasteiger partial charge in [-0.15, -0.1) is 0 Å². The van der Waals surface area contributed by atoms with Crippen LogP contribution in [0.3, 0.4) is 0 Å². The molecule has 2 heterocycles. The van der Waals surface area contributed by atoms with Gasteiger partial charge in [-0.3, -0.25) is 24.3 Å². The van der Waals surface area contributed by atoms with E-state index in [1.54, 1.807) is 6.92 Å². The third-order valence-electron chi connectivity index (χ3n) is 4.24. The Bertz CT molecular complexity index is 1210. The van der Waals surface area contributed by atoms with Crippen molar-refractivity contribution in [1.82, 2.24) is 9.55 Å².